The highest BCUT2D eigenvalue weighted by molar-refractivity contribution is 5.00. The van der Waals surface area contributed by atoms with E-state index >= 15 is 0 Å². The van der Waals surface area contributed by atoms with Gasteiger partial charge in [0.1, 0.15) is 0 Å². The molecule has 2 saturated carbocycles. The van der Waals surface area contributed by atoms with E-state index in [1.54, 1.807) is 0 Å². The van der Waals surface area contributed by atoms with Gasteiger partial charge >= 0.3 is 0 Å². The summed E-state index contributed by atoms with van der Waals surface area (Å²) in [4.78, 5) is 0. The van der Waals surface area contributed by atoms with E-state index in [9.17, 15) is 0 Å². The molecule has 2 aliphatic carbocycles. The highest BCUT2D eigenvalue weighted by Crippen LogP contribution is 2.48. The molecule has 18 heavy (non-hydrogen) atoms. The maximum absolute atomic E-state index is 6.04. The second-order valence-electron chi connectivity index (χ2n) is 6.48. The molecule has 3 aliphatic rings. The normalized spacial score (nSPS) is 36.2. The van der Waals surface area contributed by atoms with Gasteiger partial charge in [0.05, 0.1) is 12.7 Å². The predicted molar refractivity (Wildman–Crippen MR) is 71.6 cm³/mol. The van der Waals surface area contributed by atoms with Gasteiger partial charge in [-0.2, -0.15) is 0 Å². The lowest BCUT2D eigenvalue weighted by Crippen LogP contribution is -2.45. The molecule has 3 rings (SSSR count). The smallest absolute Gasteiger partial charge is 0.0694 e. The molecule has 1 N–H and O–H groups in total. The third-order valence-corrected chi connectivity index (χ3v) is 4.72. The molecule has 0 aromatic rings. The summed E-state index contributed by atoms with van der Waals surface area (Å²) in [7, 11) is 0. The van der Waals surface area contributed by atoms with Gasteiger partial charge < -0.3 is 14.8 Å². The average Bonchev–Trinajstić information content (AvgIpc) is 3.28. The first-order chi connectivity index (χ1) is 8.84. The minimum Gasteiger partial charge on any atom is -0.380 e. The van der Waals surface area contributed by atoms with Crippen molar-refractivity contribution in [2.45, 2.75) is 45.1 Å². The number of nitrogens with one attached hydrogen (secondary N) is 1. The van der Waals surface area contributed by atoms with Gasteiger partial charge in [-0.25, -0.2) is 0 Å². The van der Waals surface area contributed by atoms with Crippen molar-refractivity contribution >= 4 is 0 Å². The summed E-state index contributed by atoms with van der Waals surface area (Å²) in [5.74, 6) is 1.68. The van der Waals surface area contributed by atoms with E-state index < -0.39 is 0 Å². The van der Waals surface area contributed by atoms with Gasteiger partial charge in [0.15, 0.2) is 0 Å². The lowest BCUT2D eigenvalue weighted by Gasteiger charge is -2.34. The van der Waals surface area contributed by atoms with Crippen LogP contribution >= 0.6 is 0 Å². The Morgan fingerprint density at radius 2 is 2.11 bits per heavy atom. The Morgan fingerprint density at radius 1 is 1.28 bits per heavy atom. The molecule has 0 aromatic carbocycles. The molecule has 3 fully saturated rings. The van der Waals surface area contributed by atoms with Crippen LogP contribution in [0, 0.1) is 17.3 Å². The van der Waals surface area contributed by atoms with Crippen LogP contribution in [0.2, 0.25) is 0 Å². The summed E-state index contributed by atoms with van der Waals surface area (Å²) in [6.07, 6.45) is 7.11. The summed E-state index contributed by atoms with van der Waals surface area (Å²) in [6.45, 7) is 7.10. The zero-order chi connectivity index (χ0) is 12.4. The van der Waals surface area contributed by atoms with Gasteiger partial charge in [0.25, 0.3) is 0 Å². The zero-order valence-electron chi connectivity index (χ0n) is 11.6. The van der Waals surface area contributed by atoms with Gasteiger partial charge in [0.2, 0.25) is 0 Å². The van der Waals surface area contributed by atoms with Crippen LogP contribution in [0.25, 0.3) is 0 Å². The molecule has 1 heterocycles. The Kier molecular flexibility index (Phi) is 3.92. The second kappa shape index (κ2) is 5.48. The molecule has 3 nitrogen and oxygen atoms in total. The number of hydrogen-bond acceptors (Lipinski definition) is 3. The summed E-state index contributed by atoms with van der Waals surface area (Å²) < 4.78 is 12.1. The van der Waals surface area contributed by atoms with E-state index in [1.807, 2.05) is 0 Å². The topological polar surface area (TPSA) is 30.5 Å². The van der Waals surface area contributed by atoms with Crippen LogP contribution < -0.4 is 5.32 Å². The quantitative estimate of drug-likeness (QED) is 0.719. The summed E-state index contributed by atoms with van der Waals surface area (Å²) in [5.41, 5.74) is 0.256. The fourth-order valence-corrected chi connectivity index (χ4v) is 3.22. The average molecular weight is 253 g/mol. The summed E-state index contributed by atoms with van der Waals surface area (Å²) in [5, 5.41) is 3.54. The van der Waals surface area contributed by atoms with Crippen molar-refractivity contribution < 1.29 is 9.47 Å². The first kappa shape index (κ1) is 12.9. The fourth-order valence-electron chi connectivity index (χ4n) is 3.22. The highest BCUT2D eigenvalue weighted by atomic mass is 16.5. The van der Waals surface area contributed by atoms with Crippen LogP contribution in [0.5, 0.6) is 0 Å². The first-order valence-electron chi connectivity index (χ1n) is 7.74. The number of hydrogen-bond donors (Lipinski definition) is 1. The van der Waals surface area contributed by atoms with Crippen molar-refractivity contribution in [3.8, 4) is 0 Å². The van der Waals surface area contributed by atoms with E-state index in [-0.39, 0.29) is 5.41 Å². The molecule has 2 unspecified atom stereocenters. The van der Waals surface area contributed by atoms with Gasteiger partial charge in [-0.3, -0.25) is 0 Å². The number of rotatable bonds is 8. The lowest BCUT2D eigenvalue weighted by molar-refractivity contribution is -0.0270. The second-order valence-corrected chi connectivity index (χ2v) is 6.48. The van der Waals surface area contributed by atoms with Crippen LogP contribution in [0.4, 0.5) is 0 Å². The fraction of sp³-hybridized carbons (Fsp3) is 1.00. The van der Waals surface area contributed by atoms with Crippen LogP contribution in [-0.2, 0) is 9.47 Å². The van der Waals surface area contributed by atoms with Crippen molar-refractivity contribution in [2.75, 3.05) is 32.9 Å². The monoisotopic (exact) mass is 253 g/mol. The van der Waals surface area contributed by atoms with Gasteiger partial charge in [-0.15, -0.1) is 0 Å². The van der Waals surface area contributed by atoms with Crippen molar-refractivity contribution in [2.24, 2.45) is 17.3 Å². The largest absolute Gasteiger partial charge is 0.380 e. The van der Waals surface area contributed by atoms with E-state index in [0.29, 0.717) is 6.10 Å². The van der Waals surface area contributed by atoms with Crippen molar-refractivity contribution in [3.63, 3.8) is 0 Å². The van der Waals surface area contributed by atoms with Crippen molar-refractivity contribution in [1.82, 2.24) is 5.32 Å². The Bertz CT molecular complexity index is 276. The molecule has 0 aromatic heterocycles. The minimum atomic E-state index is 0.256. The lowest BCUT2D eigenvalue weighted by atomic mass is 9.79. The Morgan fingerprint density at radius 3 is 2.78 bits per heavy atom. The Balaban J connectivity index is 1.57. The first-order valence-corrected chi connectivity index (χ1v) is 7.74. The Hall–Kier alpha value is -0.120. The third-order valence-electron chi connectivity index (χ3n) is 4.72. The van der Waals surface area contributed by atoms with E-state index in [2.05, 4.69) is 12.2 Å². The third kappa shape index (κ3) is 2.89. The standard InChI is InChI=1S/C15H27NO2/c1-2-16-10-15(11-17-9-12-3-4-12)7-8-18-14(15)13-5-6-13/h12-14,16H,2-11H2,1H3. The Labute approximate surface area is 111 Å². The maximum Gasteiger partial charge on any atom is 0.0694 e. The van der Waals surface area contributed by atoms with Gasteiger partial charge in [-0.1, -0.05) is 6.92 Å². The van der Waals surface area contributed by atoms with E-state index in [4.69, 9.17) is 9.47 Å². The van der Waals surface area contributed by atoms with Crippen LogP contribution in [-0.4, -0.2) is 39.0 Å². The predicted octanol–water partition coefficient (Wildman–Crippen LogP) is 2.21. The maximum atomic E-state index is 6.04. The minimum absolute atomic E-state index is 0.256. The molecular formula is C15H27NO2. The van der Waals surface area contributed by atoms with Crippen LogP contribution in [0.1, 0.15) is 39.0 Å². The van der Waals surface area contributed by atoms with Crippen LogP contribution in [0.15, 0.2) is 0 Å². The van der Waals surface area contributed by atoms with Gasteiger partial charge in [0, 0.05) is 25.2 Å². The van der Waals surface area contributed by atoms with Crippen LogP contribution in [0.3, 0.4) is 0 Å². The molecule has 1 aliphatic heterocycles. The molecule has 0 spiro atoms. The molecule has 3 heteroatoms. The SMILES string of the molecule is CCNCC1(COCC2CC2)CCOC1C1CC1. The van der Waals surface area contributed by atoms with Crippen molar-refractivity contribution in [3.05, 3.63) is 0 Å². The zero-order valence-corrected chi connectivity index (χ0v) is 11.6. The molecule has 0 amide bonds. The van der Waals surface area contributed by atoms with Gasteiger partial charge in [-0.05, 0) is 50.5 Å². The molecule has 0 bridgehead atoms. The molecule has 2 atom stereocenters. The number of ether oxygens (including phenoxy) is 2. The molecule has 1 saturated heterocycles. The van der Waals surface area contributed by atoms with E-state index in [1.165, 1.54) is 32.1 Å². The summed E-state index contributed by atoms with van der Waals surface area (Å²) in [6, 6.07) is 0. The summed E-state index contributed by atoms with van der Waals surface area (Å²) >= 11 is 0. The molecule has 0 radical (unpaired) electrons. The highest BCUT2D eigenvalue weighted by Gasteiger charge is 2.50. The van der Waals surface area contributed by atoms with E-state index in [0.717, 1.165) is 44.7 Å². The van der Waals surface area contributed by atoms with Crippen molar-refractivity contribution in [1.29, 1.82) is 0 Å². The molecule has 104 valence electrons. The molecular weight excluding hydrogens is 226 g/mol.